The van der Waals surface area contributed by atoms with Crippen molar-refractivity contribution in [3.05, 3.63) is 64.7 Å². The van der Waals surface area contributed by atoms with E-state index in [2.05, 4.69) is 6.58 Å². The molecule has 0 aromatic heterocycles. The maximum absolute atomic E-state index is 12.3. The molecule has 148 valence electrons. The van der Waals surface area contributed by atoms with Crippen LogP contribution in [0.25, 0.3) is 12.2 Å². The van der Waals surface area contributed by atoms with Crippen LogP contribution in [0, 0.1) is 0 Å². The van der Waals surface area contributed by atoms with Gasteiger partial charge in [-0.1, -0.05) is 29.9 Å². The molecule has 0 bridgehead atoms. The van der Waals surface area contributed by atoms with Gasteiger partial charge in [0.1, 0.15) is 22.8 Å². The first kappa shape index (κ1) is 21.1. The molecule has 5 nitrogen and oxygen atoms in total. The fourth-order valence-electron chi connectivity index (χ4n) is 2.82. The van der Waals surface area contributed by atoms with Gasteiger partial charge in [-0.25, -0.2) is 4.79 Å². The molecule has 0 atom stereocenters. The van der Waals surface area contributed by atoms with Crippen molar-refractivity contribution in [1.29, 1.82) is 0 Å². The fraction of sp³-hybridized carbons (Fsp3) is 0.261. The largest absolute Gasteiger partial charge is 0.507 e. The molecule has 0 amide bonds. The average molecular weight is 382 g/mol. The first-order valence-corrected chi connectivity index (χ1v) is 8.88. The molecule has 1 N–H and O–H groups in total. The third kappa shape index (κ3) is 4.94. The Balaban J connectivity index is 2.51. The summed E-state index contributed by atoms with van der Waals surface area (Å²) >= 11 is 0. The number of ether oxygens (including phenoxy) is 3. The molecule has 0 spiro atoms. The number of carbonyl (C=O) groups is 1. The highest BCUT2D eigenvalue weighted by atomic mass is 16.5. The molecule has 0 saturated carbocycles. The van der Waals surface area contributed by atoms with E-state index >= 15 is 0 Å². The van der Waals surface area contributed by atoms with Gasteiger partial charge in [0.05, 0.1) is 21.3 Å². The van der Waals surface area contributed by atoms with Crippen molar-refractivity contribution in [1.82, 2.24) is 0 Å². The Kier molecular flexibility index (Phi) is 7.27. The molecule has 2 rings (SSSR count). The summed E-state index contributed by atoms with van der Waals surface area (Å²) in [5.41, 5.74) is 3.08. The predicted molar refractivity (Wildman–Crippen MR) is 111 cm³/mol. The average Bonchev–Trinajstić information content (AvgIpc) is 2.70. The zero-order chi connectivity index (χ0) is 20.7. The van der Waals surface area contributed by atoms with Crippen LogP contribution in [0.5, 0.6) is 17.2 Å². The quantitative estimate of drug-likeness (QED) is 0.401. The molecule has 0 unspecified atom stereocenters. The van der Waals surface area contributed by atoms with Crippen LogP contribution in [0.1, 0.15) is 40.4 Å². The summed E-state index contributed by atoms with van der Waals surface area (Å²) in [6, 6.07) is 9.22. The minimum atomic E-state index is -0.605. The number of esters is 1. The summed E-state index contributed by atoms with van der Waals surface area (Å²) in [5, 5.41) is 10.8. The Morgan fingerprint density at radius 2 is 1.79 bits per heavy atom. The molecule has 2 aromatic rings. The zero-order valence-corrected chi connectivity index (χ0v) is 16.7. The molecule has 0 aliphatic carbocycles. The van der Waals surface area contributed by atoms with Gasteiger partial charge in [0.15, 0.2) is 0 Å². The molecule has 0 heterocycles. The number of allylic oxidation sites excluding steroid dienone is 1. The monoisotopic (exact) mass is 382 g/mol. The van der Waals surface area contributed by atoms with Crippen LogP contribution < -0.4 is 9.47 Å². The summed E-state index contributed by atoms with van der Waals surface area (Å²) in [6.45, 7) is 5.80. The Hall–Kier alpha value is -3.21. The Labute approximate surface area is 165 Å². The lowest BCUT2D eigenvalue weighted by molar-refractivity contribution is 0.0597. The van der Waals surface area contributed by atoms with E-state index in [1.165, 1.54) is 14.2 Å². The van der Waals surface area contributed by atoms with Crippen molar-refractivity contribution in [3.63, 3.8) is 0 Å². The van der Waals surface area contributed by atoms with Gasteiger partial charge < -0.3 is 19.3 Å². The molecule has 5 heteroatoms. The van der Waals surface area contributed by atoms with Crippen LogP contribution in [0.3, 0.4) is 0 Å². The lowest BCUT2D eigenvalue weighted by Crippen LogP contribution is -2.07. The van der Waals surface area contributed by atoms with Gasteiger partial charge in [-0.2, -0.15) is 0 Å². The van der Waals surface area contributed by atoms with E-state index in [1.807, 2.05) is 37.3 Å². The van der Waals surface area contributed by atoms with Crippen molar-refractivity contribution < 1.29 is 24.1 Å². The van der Waals surface area contributed by atoms with Crippen molar-refractivity contribution in [2.24, 2.45) is 0 Å². The molecule has 2 aromatic carbocycles. The predicted octanol–water partition coefficient (Wildman–Crippen LogP) is 4.88. The summed E-state index contributed by atoms with van der Waals surface area (Å²) in [4.78, 5) is 12.3. The van der Waals surface area contributed by atoms with Crippen molar-refractivity contribution in [2.75, 3.05) is 21.3 Å². The van der Waals surface area contributed by atoms with E-state index in [1.54, 1.807) is 19.3 Å². The minimum Gasteiger partial charge on any atom is -0.507 e. The number of hydrogen-bond donors (Lipinski definition) is 1. The van der Waals surface area contributed by atoms with Gasteiger partial charge in [0.2, 0.25) is 0 Å². The number of aromatic hydroxyl groups is 1. The Morgan fingerprint density at radius 3 is 2.32 bits per heavy atom. The lowest BCUT2D eigenvalue weighted by atomic mass is 9.96. The maximum atomic E-state index is 12.3. The van der Waals surface area contributed by atoms with Crippen LogP contribution in [0.15, 0.2) is 42.5 Å². The van der Waals surface area contributed by atoms with Crippen molar-refractivity contribution in [2.45, 2.75) is 19.8 Å². The van der Waals surface area contributed by atoms with Crippen LogP contribution in [-0.4, -0.2) is 32.4 Å². The number of phenolic OH excluding ortho intramolecular Hbond substituents is 1. The highest BCUT2D eigenvalue weighted by Crippen LogP contribution is 2.37. The van der Waals surface area contributed by atoms with Crippen LogP contribution in [0.2, 0.25) is 0 Å². The number of hydrogen-bond acceptors (Lipinski definition) is 5. The highest BCUT2D eigenvalue weighted by Gasteiger charge is 2.22. The first-order valence-electron chi connectivity index (χ1n) is 8.88. The SMILES string of the molecule is C=C(C)CCc1c(OC)cc(/C=C/c2ccc(OC)cc2)c(C(=O)OC)c1O. The van der Waals surface area contributed by atoms with Gasteiger partial charge in [-0.05, 0) is 49.1 Å². The number of benzene rings is 2. The molecule has 0 aliphatic rings. The third-order valence-corrected chi connectivity index (χ3v) is 4.38. The summed E-state index contributed by atoms with van der Waals surface area (Å²) in [5.74, 6) is 0.544. The fourth-order valence-corrected chi connectivity index (χ4v) is 2.82. The van der Waals surface area contributed by atoms with Crippen LogP contribution in [0.4, 0.5) is 0 Å². The minimum absolute atomic E-state index is 0.116. The molecular weight excluding hydrogens is 356 g/mol. The molecular formula is C23H26O5. The Bertz CT molecular complexity index is 879. The Morgan fingerprint density at radius 1 is 1.11 bits per heavy atom. The summed E-state index contributed by atoms with van der Waals surface area (Å²) in [7, 11) is 4.43. The highest BCUT2D eigenvalue weighted by molar-refractivity contribution is 5.98. The van der Waals surface area contributed by atoms with Gasteiger partial charge in [0.25, 0.3) is 0 Å². The molecule has 0 saturated heterocycles. The molecule has 0 aliphatic heterocycles. The van der Waals surface area contributed by atoms with E-state index in [9.17, 15) is 9.90 Å². The first-order chi connectivity index (χ1) is 13.4. The zero-order valence-electron chi connectivity index (χ0n) is 16.7. The lowest BCUT2D eigenvalue weighted by Gasteiger charge is -2.16. The summed E-state index contributed by atoms with van der Waals surface area (Å²) in [6.07, 6.45) is 4.77. The number of phenols is 1. The van der Waals surface area contributed by atoms with Gasteiger partial charge in [-0.3, -0.25) is 0 Å². The van der Waals surface area contributed by atoms with Gasteiger partial charge in [-0.15, -0.1) is 6.58 Å². The van der Waals surface area contributed by atoms with E-state index in [4.69, 9.17) is 14.2 Å². The molecule has 0 fully saturated rings. The van der Waals surface area contributed by atoms with E-state index in [0.29, 0.717) is 29.7 Å². The van der Waals surface area contributed by atoms with Crippen molar-refractivity contribution >= 4 is 18.1 Å². The second kappa shape index (κ2) is 9.65. The van der Waals surface area contributed by atoms with Crippen LogP contribution >= 0.6 is 0 Å². The van der Waals surface area contributed by atoms with E-state index in [-0.39, 0.29) is 11.3 Å². The second-order valence-corrected chi connectivity index (χ2v) is 6.43. The van der Waals surface area contributed by atoms with Gasteiger partial charge in [0, 0.05) is 5.56 Å². The molecule has 28 heavy (non-hydrogen) atoms. The van der Waals surface area contributed by atoms with E-state index in [0.717, 1.165) is 16.9 Å². The van der Waals surface area contributed by atoms with Crippen LogP contribution in [-0.2, 0) is 11.2 Å². The van der Waals surface area contributed by atoms with Gasteiger partial charge >= 0.3 is 5.97 Å². The van der Waals surface area contributed by atoms with Crippen molar-refractivity contribution in [3.8, 4) is 17.2 Å². The molecule has 0 radical (unpaired) electrons. The maximum Gasteiger partial charge on any atom is 0.342 e. The third-order valence-electron chi connectivity index (χ3n) is 4.38. The standard InChI is InChI=1S/C23H26O5/c1-15(2)6-13-19-20(27-4)14-17(21(22(19)24)23(25)28-5)10-7-16-8-11-18(26-3)12-9-16/h7-12,14,24H,1,6,13H2,2-5H3/b10-7+. The van der Waals surface area contributed by atoms with E-state index < -0.39 is 5.97 Å². The summed E-state index contributed by atoms with van der Waals surface area (Å²) < 4.78 is 15.5. The number of carbonyl (C=O) groups excluding carboxylic acids is 1. The normalized spacial score (nSPS) is 10.7. The second-order valence-electron chi connectivity index (χ2n) is 6.43. The number of rotatable bonds is 8. The topological polar surface area (TPSA) is 65.0 Å². The smallest absolute Gasteiger partial charge is 0.342 e. The number of methoxy groups -OCH3 is 3.